The fourth-order valence-corrected chi connectivity index (χ4v) is 4.01. The molecule has 1 aromatic heterocycles. The van der Waals surface area contributed by atoms with Crippen molar-refractivity contribution in [3.05, 3.63) is 36.2 Å². The molecule has 6 nitrogen and oxygen atoms in total. The number of carbonyl (C=O) groups is 1. The second-order valence-corrected chi connectivity index (χ2v) is 7.06. The van der Waals surface area contributed by atoms with Crippen molar-refractivity contribution in [3.8, 4) is 11.4 Å². The number of hydrogen-bond donors (Lipinski definition) is 0. The van der Waals surface area contributed by atoms with Crippen LogP contribution in [0.1, 0.15) is 31.7 Å². The maximum atomic E-state index is 11.8. The van der Waals surface area contributed by atoms with Gasteiger partial charge < -0.3 is 9.42 Å². The molecule has 2 fully saturated rings. The van der Waals surface area contributed by atoms with Crippen LogP contribution in [0.4, 0.5) is 0 Å². The quantitative estimate of drug-likeness (QED) is 0.866. The van der Waals surface area contributed by atoms with Crippen molar-refractivity contribution in [1.82, 2.24) is 19.9 Å². The third kappa shape index (κ3) is 2.51. The molecule has 1 atom stereocenters. The second kappa shape index (κ2) is 5.70. The molecular weight excluding hydrogens is 304 g/mol. The smallest absolute Gasteiger partial charge is 0.244 e. The highest BCUT2D eigenvalue weighted by atomic mass is 16.5. The van der Waals surface area contributed by atoms with E-state index in [1.165, 1.54) is 0 Å². The van der Waals surface area contributed by atoms with Gasteiger partial charge in [0.25, 0.3) is 0 Å². The number of amides is 1. The molecule has 1 spiro atoms. The number of nitrogens with zero attached hydrogens (tertiary/aromatic N) is 4. The highest BCUT2D eigenvalue weighted by Crippen LogP contribution is 2.47. The molecular formula is C18H22N4O2. The molecule has 126 valence electrons. The first-order valence-corrected chi connectivity index (χ1v) is 8.47. The molecule has 1 unspecified atom stereocenters. The van der Waals surface area contributed by atoms with E-state index in [0.29, 0.717) is 18.1 Å². The zero-order valence-corrected chi connectivity index (χ0v) is 14.1. The van der Waals surface area contributed by atoms with E-state index >= 15 is 0 Å². The van der Waals surface area contributed by atoms with Gasteiger partial charge in [0.2, 0.25) is 17.6 Å². The van der Waals surface area contributed by atoms with E-state index < -0.39 is 0 Å². The Hall–Kier alpha value is -2.21. The molecule has 0 aliphatic carbocycles. The Morgan fingerprint density at radius 3 is 2.75 bits per heavy atom. The molecule has 4 rings (SSSR count). The normalized spacial score (nSPS) is 22.8. The van der Waals surface area contributed by atoms with E-state index in [1.54, 1.807) is 0 Å². The van der Waals surface area contributed by atoms with Gasteiger partial charge in [-0.2, -0.15) is 4.98 Å². The minimum absolute atomic E-state index is 0.133. The molecule has 2 aliphatic heterocycles. The summed E-state index contributed by atoms with van der Waals surface area (Å²) >= 11 is 0. The number of carbonyl (C=O) groups excluding carboxylic acids is 1. The van der Waals surface area contributed by atoms with Gasteiger partial charge >= 0.3 is 0 Å². The van der Waals surface area contributed by atoms with Crippen LogP contribution in [0.15, 0.2) is 34.9 Å². The first-order valence-electron chi connectivity index (χ1n) is 8.47. The van der Waals surface area contributed by atoms with Crippen LogP contribution in [0, 0.1) is 5.41 Å². The van der Waals surface area contributed by atoms with Crippen LogP contribution in [0.2, 0.25) is 0 Å². The van der Waals surface area contributed by atoms with Crippen molar-refractivity contribution in [2.75, 3.05) is 26.7 Å². The van der Waals surface area contributed by atoms with Gasteiger partial charge in [-0.05, 0) is 13.5 Å². The highest BCUT2D eigenvalue weighted by molar-refractivity contribution is 5.77. The number of rotatable bonds is 3. The maximum absolute atomic E-state index is 11.8. The third-order valence-corrected chi connectivity index (χ3v) is 5.21. The Morgan fingerprint density at radius 2 is 2.04 bits per heavy atom. The van der Waals surface area contributed by atoms with E-state index in [-0.39, 0.29) is 17.4 Å². The van der Waals surface area contributed by atoms with Crippen molar-refractivity contribution < 1.29 is 9.32 Å². The third-order valence-electron chi connectivity index (χ3n) is 5.21. The monoisotopic (exact) mass is 326 g/mol. The van der Waals surface area contributed by atoms with Gasteiger partial charge in [0.15, 0.2) is 0 Å². The van der Waals surface area contributed by atoms with Crippen molar-refractivity contribution in [2.45, 2.75) is 25.8 Å². The average molecular weight is 326 g/mol. The average Bonchev–Trinajstić information content (AvgIpc) is 3.18. The number of aromatic nitrogens is 2. The van der Waals surface area contributed by atoms with Crippen LogP contribution in [0.3, 0.4) is 0 Å². The Balaban J connectivity index is 1.48. The van der Waals surface area contributed by atoms with Crippen LogP contribution in [0.5, 0.6) is 0 Å². The lowest BCUT2D eigenvalue weighted by molar-refractivity contribution is -0.142. The molecule has 0 N–H and O–H groups in total. The van der Waals surface area contributed by atoms with Gasteiger partial charge in [-0.15, -0.1) is 0 Å². The topological polar surface area (TPSA) is 62.5 Å². The van der Waals surface area contributed by atoms with E-state index in [4.69, 9.17) is 4.52 Å². The largest absolute Gasteiger partial charge is 0.341 e. The molecule has 2 aliphatic rings. The Bertz CT molecular complexity index is 736. The van der Waals surface area contributed by atoms with Gasteiger partial charge in [-0.25, -0.2) is 0 Å². The number of hydrogen-bond acceptors (Lipinski definition) is 5. The summed E-state index contributed by atoms with van der Waals surface area (Å²) in [6.07, 6.45) is 1.55. The first-order chi connectivity index (χ1) is 11.6. The Labute approximate surface area is 141 Å². The molecule has 0 saturated carbocycles. The zero-order valence-electron chi connectivity index (χ0n) is 14.1. The molecule has 1 amide bonds. The van der Waals surface area contributed by atoms with Crippen molar-refractivity contribution in [1.29, 1.82) is 0 Å². The fraction of sp³-hybridized carbons (Fsp3) is 0.500. The SMILES string of the molecule is CCC(=O)N1CC2(CC(c3nc(-c4ccccc4)no3)N(C)C2)C1. The summed E-state index contributed by atoms with van der Waals surface area (Å²) in [5.41, 5.74) is 1.15. The van der Waals surface area contributed by atoms with Gasteiger partial charge in [0, 0.05) is 37.0 Å². The Kier molecular flexibility index (Phi) is 3.64. The van der Waals surface area contributed by atoms with Gasteiger partial charge in [-0.1, -0.05) is 42.4 Å². The molecule has 6 heteroatoms. The van der Waals surface area contributed by atoms with E-state index in [2.05, 4.69) is 22.1 Å². The summed E-state index contributed by atoms with van der Waals surface area (Å²) in [6, 6.07) is 10.0. The van der Waals surface area contributed by atoms with Gasteiger partial charge in [-0.3, -0.25) is 9.69 Å². The van der Waals surface area contributed by atoms with Crippen LogP contribution < -0.4 is 0 Å². The lowest BCUT2D eigenvalue weighted by Gasteiger charge is -2.48. The second-order valence-electron chi connectivity index (χ2n) is 7.06. The molecule has 0 radical (unpaired) electrons. The molecule has 1 aromatic carbocycles. The molecule has 3 heterocycles. The predicted molar refractivity (Wildman–Crippen MR) is 89.0 cm³/mol. The van der Waals surface area contributed by atoms with Crippen molar-refractivity contribution >= 4 is 5.91 Å². The van der Waals surface area contributed by atoms with Gasteiger partial charge in [0.1, 0.15) is 0 Å². The molecule has 0 bridgehead atoms. The van der Waals surface area contributed by atoms with Crippen LogP contribution in [-0.4, -0.2) is 52.5 Å². The number of likely N-dealkylation sites (tertiary alicyclic amines) is 2. The van der Waals surface area contributed by atoms with E-state index in [0.717, 1.165) is 31.6 Å². The lowest BCUT2D eigenvalue weighted by Crippen LogP contribution is -2.59. The predicted octanol–water partition coefficient (Wildman–Crippen LogP) is 2.35. The first kappa shape index (κ1) is 15.3. The maximum Gasteiger partial charge on any atom is 0.244 e. The zero-order chi connectivity index (χ0) is 16.7. The summed E-state index contributed by atoms with van der Waals surface area (Å²) < 4.78 is 5.55. The highest BCUT2D eigenvalue weighted by Gasteiger charge is 2.53. The summed E-state index contributed by atoms with van der Waals surface area (Å²) in [5.74, 6) is 1.56. The fourth-order valence-electron chi connectivity index (χ4n) is 4.01. The van der Waals surface area contributed by atoms with Crippen molar-refractivity contribution in [3.63, 3.8) is 0 Å². The molecule has 2 saturated heterocycles. The van der Waals surface area contributed by atoms with Crippen LogP contribution in [0.25, 0.3) is 11.4 Å². The van der Waals surface area contributed by atoms with Crippen LogP contribution in [-0.2, 0) is 4.79 Å². The minimum Gasteiger partial charge on any atom is -0.341 e. The van der Waals surface area contributed by atoms with Gasteiger partial charge in [0.05, 0.1) is 6.04 Å². The van der Waals surface area contributed by atoms with Crippen LogP contribution >= 0.6 is 0 Å². The van der Waals surface area contributed by atoms with E-state index in [1.807, 2.05) is 42.2 Å². The Morgan fingerprint density at radius 1 is 1.29 bits per heavy atom. The standard InChI is InChI=1S/C18H22N4O2/c1-3-15(23)22-11-18(12-22)9-14(21(2)10-18)17-19-16(20-24-17)13-7-5-4-6-8-13/h4-8,14H,3,9-12H2,1-2H3. The van der Waals surface area contributed by atoms with E-state index in [9.17, 15) is 4.79 Å². The summed E-state index contributed by atoms with van der Waals surface area (Å²) in [6.45, 7) is 4.58. The number of benzene rings is 1. The summed E-state index contributed by atoms with van der Waals surface area (Å²) in [5, 5.41) is 4.14. The minimum atomic E-state index is 0.133. The summed E-state index contributed by atoms with van der Waals surface area (Å²) in [4.78, 5) is 20.6. The van der Waals surface area contributed by atoms with Crippen molar-refractivity contribution in [2.24, 2.45) is 5.41 Å². The summed E-state index contributed by atoms with van der Waals surface area (Å²) in [7, 11) is 2.09. The molecule has 24 heavy (non-hydrogen) atoms. The lowest BCUT2D eigenvalue weighted by atomic mass is 9.77. The molecule has 2 aromatic rings.